The SMILES string of the molecule is CCCCCN(CC(=O)Nc1ccc(NC(C)=O)cc1)C(C)=O. The van der Waals surface area contributed by atoms with Gasteiger partial charge in [0.2, 0.25) is 17.7 Å². The van der Waals surface area contributed by atoms with Crippen molar-refractivity contribution in [3.63, 3.8) is 0 Å². The molecule has 1 aromatic carbocycles. The highest BCUT2D eigenvalue weighted by molar-refractivity contribution is 5.95. The standard InChI is InChI=1S/C17H25N3O3/c1-4-5-6-11-20(14(3)22)12-17(23)19-16-9-7-15(8-10-16)18-13(2)21/h7-10H,4-6,11-12H2,1-3H3,(H,18,21)(H,19,23). The van der Waals surface area contributed by atoms with Gasteiger partial charge >= 0.3 is 0 Å². The van der Waals surface area contributed by atoms with E-state index in [2.05, 4.69) is 17.6 Å². The molecule has 1 aromatic rings. The lowest BCUT2D eigenvalue weighted by atomic mass is 10.2. The van der Waals surface area contributed by atoms with Gasteiger partial charge in [-0.3, -0.25) is 14.4 Å². The molecule has 23 heavy (non-hydrogen) atoms. The molecule has 0 saturated carbocycles. The summed E-state index contributed by atoms with van der Waals surface area (Å²) in [6.07, 6.45) is 3.00. The predicted molar refractivity (Wildman–Crippen MR) is 91.2 cm³/mol. The number of hydrogen-bond donors (Lipinski definition) is 2. The van der Waals surface area contributed by atoms with Crippen LogP contribution in [-0.2, 0) is 14.4 Å². The van der Waals surface area contributed by atoms with E-state index in [-0.39, 0.29) is 24.3 Å². The first-order chi connectivity index (χ1) is 10.9. The van der Waals surface area contributed by atoms with Gasteiger partial charge in [-0.2, -0.15) is 0 Å². The zero-order valence-corrected chi connectivity index (χ0v) is 14.0. The van der Waals surface area contributed by atoms with Crippen molar-refractivity contribution < 1.29 is 14.4 Å². The van der Waals surface area contributed by atoms with Crippen molar-refractivity contribution in [3.8, 4) is 0 Å². The van der Waals surface area contributed by atoms with Gasteiger partial charge in [0.05, 0.1) is 6.54 Å². The van der Waals surface area contributed by atoms with Crippen LogP contribution in [0.5, 0.6) is 0 Å². The lowest BCUT2D eigenvalue weighted by Crippen LogP contribution is -2.37. The molecule has 3 amide bonds. The molecular formula is C17H25N3O3. The van der Waals surface area contributed by atoms with E-state index in [1.165, 1.54) is 13.8 Å². The number of carbonyl (C=O) groups is 3. The predicted octanol–water partition coefficient (Wildman–Crippen LogP) is 2.62. The van der Waals surface area contributed by atoms with E-state index in [9.17, 15) is 14.4 Å². The van der Waals surface area contributed by atoms with Crippen molar-refractivity contribution in [2.24, 2.45) is 0 Å². The molecule has 2 N–H and O–H groups in total. The van der Waals surface area contributed by atoms with Gasteiger partial charge in [0.25, 0.3) is 0 Å². The second-order valence-corrected chi connectivity index (χ2v) is 5.45. The van der Waals surface area contributed by atoms with Crippen LogP contribution in [0.25, 0.3) is 0 Å². The van der Waals surface area contributed by atoms with Crippen LogP contribution in [0.3, 0.4) is 0 Å². The maximum atomic E-state index is 12.0. The first-order valence-electron chi connectivity index (χ1n) is 7.85. The molecule has 0 aromatic heterocycles. The lowest BCUT2D eigenvalue weighted by Gasteiger charge is -2.20. The zero-order chi connectivity index (χ0) is 17.2. The Morgan fingerprint density at radius 1 is 0.957 bits per heavy atom. The third-order valence-electron chi connectivity index (χ3n) is 3.30. The maximum absolute atomic E-state index is 12.0. The largest absolute Gasteiger partial charge is 0.334 e. The highest BCUT2D eigenvalue weighted by Gasteiger charge is 2.13. The summed E-state index contributed by atoms with van der Waals surface area (Å²) in [6.45, 7) is 5.64. The lowest BCUT2D eigenvalue weighted by molar-refractivity contribution is -0.132. The number of benzene rings is 1. The van der Waals surface area contributed by atoms with E-state index in [4.69, 9.17) is 0 Å². The highest BCUT2D eigenvalue weighted by atomic mass is 16.2. The molecule has 0 spiro atoms. The Bertz CT molecular complexity index is 541. The third kappa shape index (κ3) is 7.44. The van der Waals surface area contributed by atoms with Gasteiger partial charge < -0.3 is 15.5 Å². The van der Waals surface area contributed by atoms with Gasteiger partial charge in [0.15, 0.2) is 0 Å². The maximum Gasteiger partial charge on any atom is 0.243 e. The first kappa shape index (κ1) is 18.7. The number of carbonyl (C=O) groups excluding carboxylic acids is 3. The van der Waals surface area contributed by atoms with Crippen LogP contribution in [0.1, 0.15) is 40.0 Å². The van der Waals surface area contributed by atoms with E-state index in [1.54, 1.807) is 29.2 Å². The second-order valence-electron chi connectivity index (χ2n) is 5.45. The summed E-state index contributed by atoms with van der Waals surface area (Å²) < 4.78 is 0. The van der Waals surface area contributed by atoms with Gasteiger partial charge in [0, 0.05) is 31.8 Å². The van der Waals surface area contributed by atoms with Crippen LogP contribution < -0.4 is 10.6 Å². The third-order valence-corrected chi connectivity index (χ3v) is 3.30. The summed E-state index contributed by atoms with van der Waals surface area (Å²) in [4.78, 5) is 36.1. The molecule has 0 radical (unpaired) electrons. The first-order valence-corrected chi connectivity index (χ1v) is 7.85. The van der Waals surface area contributed by atoms with E-state index in [0.717, 1.165) is 19.3 Å². The summed E-state index contributed by atoms with van der Waals surface area (Å²) in [6, 6.07) is 6.83. The average molecular weight is 319 g/mol. The number of rotatable bonds is 8. The van der Waals surface area contributed by atoms with Crippen molar-refractivity contribution in [2.75, 3.05) is 23.7 Å². The molecule has 0 aliphatic carbocycles. The number of anilines is 2. The van der Waals surface area contributed by atoms with Gasteiger partial charge in [0.1, 0.15) is 0 Å². The van der Waals surface area contributed by atoms with Crippen LogP contribution in [0.15, 0.2) is 24.3 Å². The Kier molecular flexibility index (Phi) is 7.80. The number of hydrogen-bond acceptors (Lipinski definition) is 3. The van der Waals surface area contributed by atoms with Crippen LogP contribution in [0.2, 0.25) is 0 Å². The molecule has 6 heteroatoms. The van der Waals surface area contributed by atoms with Gasteiger partial charge in [-0.25, -0.2) is 0 Å². The van der Waals surface area contributed by atoms with E-state index in [1.807, 2.05) is 0 Å². The monoisotopic (exact) mass is 319 g/mol. The average Bonchev–Trinajstić information content (AvgIpc) is 2.47. The Balaban J connectivity index is 2.53. The molecule has 1 rings (SSSR count). The molecule has 126 valence electrons. The molecule has 0 atom stereocenters. The van der Waals surface area contributed by atoms with Gasteiger partial charge in [-0.15, -0.1) is 0 Å². The van der Waals surface area contributed by atoms with Crippen molar-refractivity contribution in [2.45, 2.75) is 40.0 Å². The molecule has 0 bridgehead atoms. The van der Waals surface area contributed by atoms with Crippen LogP contribution in [0.4, 0.5) is 11.4 Å². The molecule has 0 fully saturated rings. The Hall–Kier alpha value is -2.37. The van der Waals surface area contributed by atoms with Crippen LogP contribution in [-0.4, -0.2) is 35.7 Å². The van der Waals surface area contributed by atoms with E-state index in [0.29, 0.717) is 17.9 Å². The minimum Gasteiger partial charge on any atom is -0.334 e. The Morgan fingerprint density at radius 2 is 1.52 bits per heavy atom. The Labute approximate surface area is 137 Å². The summed E-state index contributed by atoms with van der Waals surface area (Å²) >= 11 is 0. The fourth-order valence-electron chi connectivity index (χ4n) is 2.11. The molecule has 0 saturated heterocycles. The minimum absolute atomic E-state index is 0.0481. The normalized spacial score (nSPS) is 10.0. The quantitative estimate of drug-likeness (QED) is 0.723. The van der Waals surface area contributed by atoms with Crippen molar-refractivity contribution >= 4 is 29.1 Å². The van der Waals surface area contributed by atoms with Gasteiger partial charge in [-0.05, 0) is 30.7 Å². The molecular weight excluding hydrogens is 294 g/mol. The number of nitrogens with one attached hydrogen (secondary N) is 2. The topological polar surface area (TPSA) is 78.5 Å². The van der Waals surface area contributed by atoms with Crippen LogP contribution in [0, 0.1) is 0 Å². The molecule has 0 heterocycles. The number of unbranched alkanes of at least 4 members (excludes halogenated alkanes) is 2. The smallest absolute Gasteiger partial charge is 0.243 e. The minimum atomic E-state index is -0.232. The molecule has 0 aliphatic rings. The second kappa shape index (κ2) is 9.61. The molecule has 0 aliphatic heterocycles. The summed E-state index contributed by atoms with van der Waals surface area (Å²) in [5.74, 6) is -0.479. The summed E-state index contributed by atoms with van der Waals surface area (Å²) in [5.41, 5.74) is 1.29. The molecule has 6 nitrogen and oxygen atoms in total. The summed E-state index contributed by atoms with van der Waals surface area (Å²) in [5, 5.41) is 5.41. The number of nitrogens with zero attached hydrogens (tertiary/aromatic N) is 1. The van der Waals surface area contributed by atoms with E-state index < -0.39 is 0 Å². The van der Waals surface area contributed by atoms with E-state index >= 15 is 0 Å². The molecule has 0 unspecified atom stereocenters. The summed E-state index contributed by atoms with van der Waals surface area (Å²) in [7, 11) is 0. The van der Waals surface area contributed by atoms with Crippen molar-refractivity contribution in [1.29, 1.82) is 0 Å². The van der Waals surface area contributed by atoms with Crippen molar-refractivity contribution in [3.05, 3.63) is 24.3 Å². The zero-order valence-electron chi connectivity index (χ0n) is 14.0. The van der Waals surface area contributed by atoms with Gasteiger partial charge in [-0.1, -0.05) is 19.8 Å². The fraction of sp³-hybridized carbons (Fsp3) is 0.471. The number of amides is 3. The highest BCUT2D eigenvalue weighted by Crippen LogP contribution is 2.13. The van der Waals surface area contributed by atoms with Crippen LogP contribution >= 0.6 is 0 Å². The fourth-order valence-corrected chi connectivity index (χ4v) is 2.11. The van der Waals surface area contributed by atoms with Crippen molar-refractivity contribution in [1.82, 2.24) is 4.90 Å². The Morgan fingerprint density at radius 3 is 2.00 bits per heavy atom.